The molecule has 1 atom stereocenters. The molecule has 0 radical (unpaired) electrons. The Labute approximate surface area is 98.9 Å². The van der Waals surface area contributed by atoms with Crippen LogP contribution >= 0.6 is 11.6 Å². The fraction of sp³-hybridized carbons (Fsp3) is 0.400. The third-order valence-electron chi connectivity index (χ3n) is 2.09. The molecule has 0 aliphatic rings. The van der Waals surface area contributed by atoms with Gasteiger partial charge in [-0.15, -0.1) is 0 Å². The molecule has 0 saturated carbocycles. The number of nitrogens with one attached hydrogen (secondary N) is 1. The molecule has 0 aromatic carbocycles. The SMILES string of the molecule is COC(C)CNc1ncc(C(N)=O)cc1Cl. The maximum atomic E-state index is 10.9. The lowest BCUT2D eigenvalue weighted by atomic mass is 10.2. The largest absolute Gasteiger partial charge is 0.380 e. The van der Waals surface area contributed by atoms with E-state index in [-0.39, 0.29) is 11.7 Å². The van der Waals surface area contributed by atoms with Crippen LogP contribution in [-0.2, 0) is 4.74 Å². The van der Waals surface area contributed by atoms with Crippen LogP contribution in [0.5, 0.6) is 0 Å². The van der Waals surface area contributed by atoms with Gasteiger partial charge in [0.15, 0.2) is 0 Å². The van der Waals surface area contributed by atoms with E-state index in [9.17, 15) is 4.79 Å². The maximum Gasteiger partial charge on any atom is 0.250 e. The number of nitrogens with zero attached hydrogens (tertiary/aromatic N) is 1. The molecule has 0 fully saturated rings. The van der Waals surface area contributed by atoms with Gasteiger partial charge in [0.1, 0.15) is 5.82 Å². The number of hydrogen-bond donors (Lipinski definition) is 2. The van der Waals surface area contributed by atoms with Crippen LogP contribution in [0, 0.1) is 0 Å². The van der Waals surface area contributed by atoms with Crippen molar-refractivity contribution in [3.8, 4) is 0 Å². The number of nitrogens with two attached hydrogens (primary N) is 1. The summed E-state index contributed by atoms with van der Waals surface area (Å²) in [6.45, 7) is 2.50. The fourth-order valence-corrected chi connectivity index (χ4v) is 1.26. The van der Waals surface area contributed by atoms with Crippen molar-refractivity contribution in [2.24, 2.45) is 5.73 Å². The normalized spacial score (nSPS) is 12.2. The van der Waals surface area contributed by atoms with Crippen molar-refractivity contribution < 1.29 is 9.53 Å². The number of rotatable bonds is 5. The van der Waals surface area contributed by atoms with E-state index < -0.39 is 5.91 Å². The predicted molar refractivity (Wildman–Crippen MR) is 62.7 cm³/mol. The van der Waals surface area contributed by atoms with Crippen molar-refractivity contribution in [1.82, 2.24) is 4.98 Å². The minimum absolute atomic E-state index is 0.0497. The Kier molecular flexibility index (Phi) is 4.52. The zero-order chi connectivity index (χ0) is 12.1. The topological polar surface area (TPSA) is 77.2 Å². The standard InChI is InChI=1S/C10H14ClN3O2/c1-6(16-2)4-13-10-8(11)3-7(5-14-10)9(12)15/h3,5-6H,4H2,1-2H3,(H2,12,15)(H,13,14). The second-order valence-electron chi connectivity index (χ2n) is 3.35. The smallest absolute Gasteiger partial charge is 0.250 e. The molecule has 1 heterocycles. The number of halogens is 1. The highest BCUT2D eigenvalue weighted by molar-refractivity contribution is 6.33. The number of ether oxygens (including phenoxy) is 1. The van der Waals surface area contributed by atoms with E-state index in [2.05, 4.69) is 10.3 Å². The van der Waals surface area contributed by atoms with Gasteiger partial charge in [-0.2, -0.15) is 0 Å². The maximum absolute atomic E-state index is 10.9. The average molecular weight is 244 g/mol. The lowest BCUT2D eigenvalue weighted by Crippen LogP contribution is -2.19. The van der Waals surface area contributed by atoms with E-state index in [0.29, 0.717) is 17.4 Å². The van der Waals surface area contributed by atoms with Gasteiger partial charge in [0, 0.05) is 19.9 Å². The van der Waals surface area contributed by atoms with Crippen LogP contribution in [0.25, 0.3) is 0 Å². The minimum Gasteiger partial charge on any atom is -0.380 e. The molecule has 0 saturated heterocycles. The molecular weight excluding hydrogens is 230 g/mol. The second-order valence-corrected chi connectivity index (χ2v) is 3.75. The summed E-state index contributed by atoms with van der Waals surface area (Å²) in [6, 6.07) is 1.48. The number of hydrogen-bond acceptors (Lipinski definition) is 4. The van der Waals surface area contributed by atoms with E-state index in [4.69, 9.17) is 22.1 Å². The van der Waals surface area contributed by atoms with E-state index in [1.165, 1.54) is 12.3 Å². The molecule has 1 aromatic heterocycles. The third-order valence-corrected chi connectivity index (χ3v) is 2.37. The van der Waals surface area contributed by atoms with Crippen molar-refractivity contribution in [1.29, 1.82) is 0 Å². The van der Waals surface area contributed by atoms with Crippen LogP contribution in [-0.4, -0.2) is 30.6 Å². The van der Waals surface area contributed by atoms with Gasteiger partial charge in [-0.05, 0) is 13.0 Å². The number of methoxy groups -OCH3 is 1. The molecular formula is C10H14ClN3O2. The van der Waals surface area contributed by atoms with Crippen LogP contribution in [0.4, 0.5) is 5.82 Å². The Balaban J connectivity index is 2.72. The molecule has 1 unspecified atom stereocenters. The molecule has 6 heteroatoms. The summed E-state index contributed by atoms with van der Waals surface area (Å²) in [5, 5.41) is 3.37. The number of primary amides is 1. The number of carbonyl (C=O) groups excluding carboxylic acids is 1. The number of aromatic nitrogens is 1. The molecule has 0 spiro atoms. The zero-order valence-electron chi connectivity index (χ0n) is 9.16. The van der Waals surface area contributed by atoms with Gasteiger partial charge in [-0.3, -0.25) is 4.79 Å². The second kappa shape index (κ2) is 5.67. The first-order valence-corrected chi connectivity index (χ1v) is 5.14. The van der Waals surface area contributed by atoms with Gasteiger partial charge in [-0.1, -0.05) is 11.6 Å². The van der Waals surface area contributed by atoms with E-state index in [1.54, 1.807) is 7.11 Å². The summed E-state index contributed by atoms with van der Waals surface area (Å²) in [4.78, 5) is 14.9. The van der Waals surface area contributed by atoms with Crippen molar-refractivity contribution >= 4 is 23.3 Å². The molecule has 88 valence electrons. The highest BCUT2D eigenvalue weighted by Crippen LogP contribution is 2.19. The number of anilines is 1. The van der Waals surface area contributed by atoms with Crippen molar-refractivity contribution in [2.75, 3.05) is 19.0 Å². The summed E-state index contributed by atoms with van der Waals surface area (Å²) >= 11 is 5.93. The molecule has 1 aromatic rings. The van der Waals surface area contributed by atoms with Gasteiger partial charge in [0.05, 0.1) is 16.7 Å². The summed E-state index contributed by atoms with van der Waals surface area (Å²) in [7, 11) is 1.62. The first-order valence-electron chi connectivity index (χ1n) is 4.76. The lowest BCUT2D eigenvalue weighted by Gasteiger charge is -2.12. The molecule has 0 bridgehead atoms. The minimum atomic E-state index is -0.550. The Morgan fingerprint density at radius 1 is 1.75 bits per heavy atom. The van der Waals surface area contributed by atoms with Gasteiger partial charge in [0.2, 0.25) is 5.91 Å². The third kappa shape index (κ3) is 3.36. The first-order chi connectivity index (χ1) is 7.54. The summed E-state index contributed by atoms with van der Waals surface area (Å²) in [6.07, 6.45) is 1.43. The summed E-state index contributed by atoms with van der Waals surface area (Å²) in [5.74, 6) is -0.0400. The van der Waals surface area contributed by atoms with Crippen LogP contribution in [0.15, 0.2) is 12.3 Å². The summed E-state index contributed by atoms with van der Waals surface area (Å²) < 4.78 is 5.07. The van der Waals surface area contributed by atoms with Crippen LogP contribution in [0.2, 0.25) is 5.02 Å². The lowest BCUT2D eigenvalue weighted by molar-refractivity contribution is 0.1000. The van der Waals surface area contributed by atoms with E-state index in [0.717, 1.165) is 0 Å². The van der Waals surface area contributed by atoms with Crippen molar-refractivity contribution in [3.05, 3.63) is 22.8 Å². The molecule has 5 nitrogen and oxygen atoms in total. The Morgan fingerprint density at radius 2 is 2.44 bits per heavy atom. The Hall–Kier alpha value is -1.33. The van der Waals surface area contributed by atoms with Crippen LogP contribution < -0.4 is 11.1 Å². The van der Waals surface area contributed by atoms with E-state index >= 15 is 0 Å². The molecule has 1 rings (SSSR count). The quantitative estimate of drug-likeness (QED) is 0.817. The first kappa shape index (κ1) is 12.7. The summed E-state index contributed by atoms with van der Waals surface area (Å²) in [5.41, 5.74) is 5.39. The highest BCUT2D eigenvalue weighted by atomic mass is 35.5. The molecule has 0 aliphatic heterocycles. The van der Waals surface area contributed by atoms with E-state index in [1.807, 2.05) is 6.92 Å². The fourth-order valence-electron chi connectivity index (χ4n) is 1.03. The van der Waals surface area contributed by atoms with Crippen LogP contribution in [0.3, 0.4) is 0 Å². The Morgan fingerprint density at radius 3 is 2.94 bits per heavy atom. The van der Waals surface area contributed by atoms with Crippen LogP contribution in [0.1, 0.15) is 17.3 Å². The average Bonchev–Trinajstić information content (AvgIpc) is 2.26. The monoisotopic (exact) mass is 243 g/mol. The van der Waals surface area contributed by atoms with Crippen molar-refractivity contribution in [3.63, 3.8) is 0 Å². The Bertz CT molecular complexity index is 384. The van der Waals surface area contributed by atoms with Gasteiger partial charge in [0.25, 0.3) is 0 Å². The molecule has 3 N–H and O–H groups in total. The van der Waals surface area contributed by atoms with Crippen molar-refractivity contribution in [2.45, 2.75) is 13.0 Å². The number of pyridine rings is 1. The zero-order valence-corrected chi connectivity index (χ0v) is 9.91. The van der Waals surface area contributed by atoms with Gasteiger partial charge < -0.3 is 15.8 Å². The number of amides is 1. The van der Waals surface area contributed by atoms with Gasteiger partial charge in [-0.25, -0.2) is 4.98 Å². The van der Waals surface area contributed by atoms with Gasteiger partial charge >= 0.3 is 0 Å². The molecule has 0 aliphatic carbocycles. The number of carbonyl (C=O) groups is 1. The molecule has 16 heavy (non-hydrogen) atoms. The molecule has 1 amide bonds. The highest BCUT2D eigenvalue weighted by Gasteiger charge is 2.07. The predicted octanol–water partition coefficient (Wildman–Crippen LogP) is 1.28.